The van der Waals surface area contributed by atoms with Crippen LogP contribution in [0.5, 0.6) is 0 Å². The Morgan fingerprint density at radius 1 is 1.14 bits per heavy atom. The summed E-state index contributed by atoms with van der Waals surface area (Å²) in [6.07, 6.45) is 1.11. The summed E-state index contributed by atoms with van der Waals surface area (Å²) in [5.41, 5.74) is 5.06. The third-order valence-corrected chi connectivity index (χ3v) is 5.18. The fraction of sp³-hybridized carbons (Fsp3) is 0.435. The van der Waals surface area contributed by atoms with Crippen molar-refractivity contribution in [3.8, 4) is 0 Å². The van der Waals surface area contributed by atoms with E-state index < -0.39 is 0 Å². The number of rotatable bonds is 7. The number of guanidine groups is 1. The summed E-state index contributed by atoms with van der Waals surface area (Å²) in [4.78, 5) is 6.84. The van der Waals surface area contributed by atoms with Gasteiger partial charge in [-0.1, -0.05) is 42.0 Å². The van der Waals surface area contributed by atoms with Crippen LogP contribution in [-0.2, 0) is 17.9 Å². The number of nitrogens with zero attached hydrogens (tertiary/aromatic N) is 2. The van der Waals surface area contributed by atoms with E-state index >= 15 is 0 Å². The summed E-state index contributed by atoms with van der Waals surface area (Å²) >= 11 is 0. The molecule has 158 valence electrons. The number of hydrogen-bond donors (Lipinski definition) is 2. The molecule has 1 unspecified atom stereocenters. The highest BCUT2D eigenvalue weighted by Gasteiger charge is 2.23. The molecule has 3 rings (SSSR count). The van der Waals surface area contributed by atoms with Gasteiger partial charge in [0.1, 0.15) is 0 Å². The van der Waals surface area contributed by atoms with E-state index in [1.807, 2.05) is 14.0 Å². The van der Waals surface area contributed by atoms with Crippen molar-refractivity contribution in [2.24, 2.45) is 4.99 Å². The molecule has 0 saturated carbocycles. The molecule has 2 aromatic carbocycles. The molecule has 2 N–H and O–H groups in total. The van der Waals surface area contributed by atoms with Gasteiger partial charge in [-0.25, -0.2) is 0 Å². The quantitative estimate of drug-likeness (QED) is 0.336. The number of anilines is 1. The molecule has 1 aliphatic heterocycles. The molecule has 0 radical (unpaired) electrons. The number of halogens is 1. The molecular formula is C23H33IN4O. The minimum Gasteiger partial charge on any atom is -0.377 e. The standard InChI is InChI=1S/C23H32N4O.HI/c1-4-28-17-20-8-6-5-7-19(20)15-25-23(24-3)26-21-13-14-27(16-21)22-11-9-18(2)10-12-22;/h5-12,21H,4,13-17H2,1-3H3,(H2,24,25,26);1H. The second-order valence-corrected chi connectivity index (χ2v) is 7.24. The zero-order chi connectivity index (χ0) is 19.8. The number of ether oxygens (including phenoxy) is 1. The molecule has 0 aliphatic carbocycles. The zero-order valence-electron chi connectivity index (χ0n) is 17.6. The van der Waals surface area contributed by atoms with Crippen molar-refractivity contribution >= 4 is 35.6 Å². The van der Waals surface area contributed by atoms with Crippen LogP contribution in [0.15, 0.2) is 53.5 Å². The van der Waals surface area contributed by atoms with E-state index in [-0.39, 0.29) is 24.0 Å². The van der Waals surface area contributed by atoms with E-state index in [4.69, 9.17) is 4.74 Å². The van der Waals surface area contributed by atoms with Gasteiger partial charge < -0.3 is 20.3 Å². The molecule has 0 spiro atoms. The summed E-state index contributed by atoms with van der Waals surface area (Å²) in [7, 11) is 1.83. The number of aliphatic imine (C=N–C) groups is 1. The van der Waals surface area contributed by atoms with E-state index in [1.165, 1.54) is 22.4 Å². The fourth-order valence-corrected chi connectivity index (χ4v) is 3.52. The summed E-state index contributed by atoms with van der Waals surface area (Å²) in [6.45, 7) is 8.31. The average Bonchev–Trinajstić information content (AvgIpc) is 3.19. The van der Waals surface area contributed by atoms with Gasteiger partial charge in [0, 0.05) is 45.0 Å². The van der Waals surface area contributed by atoms with Crippen LogP contribution in [0.4, 0.5) is 5.69 Å². The molecular weight excluding hydrogens is 475 g/mol. The molecule has 0 bridgehead atoms. The number of benzene rings is 2. The lowest BCUT2D eigenvalue weighted by Crippen LogP contribution is -2.44. The first-order chi connectivity index (χ1) is 13.7. The Morgan fingerprint density at radius 3 is 2.55 bits per heavy atom. The summed E-state index contributed by atoms with van der Waals surface area (Å²) in [6, 6.07) is 17.6. The van der Waals surface area contributed by atoms with Crippen LogP contribution in [-0.4, -0.2) is 38.7 Å². The monoisotopic (exact) mass is 508 g/mol. The molecule has 1 atom stereocenters. The molecule has 5 nitrogen and oxygen atoms in total. The summed E-state index contributed by atoms with van der Waals surface area (Å²) in [5.74, 6) is 0.849. The Labute approximate surface area is 192 Å². The van der Waals surface area contributed by atoms with Crippen LogP contribution >= 0.6 is 24.0 Å². The molecule has 0 aromatic heterocycles. The Bertz CT molecular complexity index is 779. The van der Waals surface area contributed by atoms with Crippen LogP contribution in [0.2, 0.25) is 0 Å². The first-order valence-electron chi connectivity index (χ1n) is 10.1. The van der Waals surface area contributed by atoms with Crippen molar-refractivity contribution < 1.29 is 4.74 Å². The lowest BCUT2D eigenvalue weighted by molar-refractivity contribution is 0.133. The van der Waals surface area contributed by atoms with Crippen LogP contribution in [0.3, 0.4) is 0 Å². The predicted octanol–water partition coefficient (Wildman–Crippen LogP) is 4.09. The van der Waals surface area contributed by atoms with Crippen molar-refractivity contribution in [2.75, 3.05) is 31.6 Å². The number of nitrogens with one attached hydrogen (secondary N) is 2. The third kappa shape index (κ3) is 6.89. The number of aryl methyl sites for hydroxylation is 1. The Hall–Kier alpha value is -1.80. The molecule has 1 saturated heterocycles. The Morgan fingerprint density at radius 2 is 1.86 bits per heavy atom. The number of hydrogen-bond acceptors (Lipinski definition) is 3. The molecule has 1 fully saturated rings. The normalized spacial score (nSPS) is 16.4. The van der Waals surface area contributed by atoms with Crippen LogP contribution in [0.1, 0.15) is 30.0 Å². The van der Waals surface area contributed by atoms with Gasteiger partial charge >= 0.3 is 0 Å². The summed E-state index contributed by atoms with van der Waals surface area (Å²) in [5, 5.41) is 7.03. The molecule has 29 heavy (non-hydrogen) atoms. The third-order valence-electron chi connectivity index (χ3n) is 5.18. The van der Waals surface area contributed by atoms with Crippen molar-refractivity contribution in [1.82, 2.24) is 10.6 Å². The maximum Gasteiger partial charge on any atom is 0.191 e. The highest BCUT2D eigenvalue weighted by Crippen LogP contribution is 2.20. The van der Waals surface area contributed by atoms with E-state index in [0.29, 0.717) is 12.6 Å². The van der Waals surface area contributed by atoms with Gasteiger partial charge in [0.2, 0.25) is 0 Å². The van der Waals surface area contributed by atoms with Crippen molar-refractivity contribution in [3.05, 3.63) is 65.2 Å². The van der Waals surface area contributed by atoms with Crippen LogP contribution < -0.4 is 15.5 Å². The zero-order valence-corrected chi connectivity index (χ0v) is 20.0. The Balaban J connectivity index is 0.00000300. The molecule has 0 amide bonds. The Kier molecular flexibility index (Phi) is 9.73. The van der Waals surface area contributed by atoms with Crippen molar-refractivity contribution in [1.29, 1.82) is 0 Å². The second-order valence-electron chi connectivity index (χ2n) is 7.24. The molecule has 1 heterocycles. The largest absolute Gasteiger partial charge is 0.377 e. The summed E-state index contributed by atoms with van der Waals surface area (Å²) < 4.78 is 5.58. The van der Waals surface area contributed by atoms with Crippen LogP contribution in [0, 0.1) is 6.92 Å². The van der Waals surface area contributed by atoms with Crippen molar-refractivity contribution in [2.45, 2.75) is 39.5 Å². The van der Waals surface area contributed by atoms with E-state index in [0.717, 1.165) is 38.6 Å². The highest BCUT2D eigenvalue weighted by molar-refractivity contribution is 14.0. The lowest BCUT2D eigenvalue weighted by atomic mass is 10.1. The van der Waals surface area contributed by atoms with Gasteiger partial charge in [0.25, 0.3) is 0 Å². The lowest BCUT2D eigenvalue weighted by Gasteiger charge is -2.21. The smallest absolute Gasteiger partial charge is 0.191 e. The molecule has 6 heteroatoms. The fourth-order valence-electron chi connectivity index (χ4n) is 3.52. The van der Waals surface area contributed by atoms with Gasteiger partial charge in [0.05, 0.1) is 6.61 Å². The van der Waals surface area contributed by atoms with Gasteiger partial charge in [0.15, 0.2) is 5.96 Å². The first-order valence-corrected chi connectivity index (χ1v) is 10.1. The SMILES string of the molecule is CCOCc1ccccc1CNC(=NC)NC1CCN(c2ccc(C)cc2)C1.I. The minimum absolute atomic E-state index is 0. The van der Waals surface area contributed by atoms with Gasteiger partial charge in [-0.05, 0) is 43.5 Å². The molecule has 1 aliphatic rings. The topological polar surface area (TPSA) is 48.9 Å². The van der Waals surface area contributed by atoms with Crippen LogP contribution in [0.25, 0.3) is 0 Å². The highest BCUT2D eigenvalue weighted by atomic mass is 127. The molecule has 2 aromatic rings. The van der Waals surface area contributed by atoms with Gasteiger partial charge in [-0.15, -0.1) is 24.0 Å². The second kappa shape index (κ2) is 12.0. The maximum absolute atomic E-state index is 5.58. The van der Waals surface area contributed by atoms with E-state index in [2.05, 4.69) is 76.0 Å². The van der Waals surface area contributed by atoms with Crippen molar-refractivity contribution in [3.63, 3.8) is 0 Å². The minimum atomic E-state index is 0. The van der Waals surface area contributed by atoms with Gasteiger partial charge in [-0.3, -0.25) is 4.99 Å². The van der Waals surface area contributed by atoms with Gasteiger partial charge in [-0.2, -0.15) is 0 Å². The van der Waals surface area contributed by atoms with E-state index in [1.54, 1.807) is 0 Å². The van der Waals surface area contributed by atoms with E-state index in [9.17, 15) is 0 Å². The average molecular weight is 508 g/mol. The maximum atomic E-state index is 5.58. The first kappa shape index (κ1) is 23.5. The predicted molar refractivity (Wildman–Crippen MR) is 132 cm³/mol.